The summed E-state index contributed by atoms with van der Waals surface area (Å²) in [6.07, 6.45) is 6.96. The molecule has 3 aromatic heterocycles. The minimum atomic E-state index is 0.0585. The summed E-state index contributed by atoms with van der Waals surface area (Å²) in [4.78, 5) is 16.3. The molecule has 3 aromatic rings. The number of nitrogens with one attached hydrogen (secondary N) is 1. The number of carbonyl (C=O) groups is 1. The highest BCUT2D eigenvalue weighted by molar-refractivity contribution is 8.77. The first kappa shape index (κ1) is 19.3. The van der Waals surface area contributed by atoms with Gasteiger partial charge in [0.15, 0.2) is 17.3 Å². The van der Waals surface area contributed by atoms with Gasteiger partial charge in [-0.3, -0.25) is 9.20 Å². The first-order chi connectivity index (χ1) is 13.7. The molecule has 0 bridgehead atoms. The maximum atomic E-state index is 12.1. The molecule has 28 heavy (non-hydrogen) atoms. The maximum Gasteiger partial charge on any atom is 0.258 e. The van der Waals surface area contributed by atoms with Crippen molar-refractivity contribution in [2.45, 2.75) is 50.8 Å². The SMILES string of the molecule is Cc1noc(-c2ccn3c(CNC(=O)CCCC[C@@H]4CCSS4)nnc3c2)n1. The average Bonchev–Trinajstić information content (AvgIpc) is 3.44. The lowest BCUT2D eigenvalue weighted by Crippen LogP contribution is -2.23. The predicted molar refractivity (Wildman–Crippen MR) is 110 cm³/mol. The molecule has 4 heterocycles. The summed E-state index contributed by atoms with van der Waals surface area (Å²) < 4.78 is 7.04. The summed E-state index contributed by atoms with van der Waals surface area (Å²) in [6.45, 7) is 2.13. The van der Waals surface area contributed by atoms with Gasteiger partial charge < -0.3 is 9.84 Å². The van der Waals surface area contributed by atoms with E-state index in [2.05, 4.69) is 25.7 Å². The smallest absolute Gasteiger partial charge is 0.258 e. The fourth-order valence-electron chi connectivity index (χ4n) is 3.10. The third-order valence-corrected chi connectivity index (χ3v) is 7.61. The van der Waals surface area contributed by atoms with Crippen LogP contribution in [0.15, 0.2) is 22.9 Å². The van der Waals surface area contributed by atoms with Gasteiger partial charge in [0.1, 0.15) is 0 Å². The average molecular weight is 419 g/mol. The number of rotatable bonds is 8. The lowest BCUT2D eigenvalue weighted by molar-refractivity contribution is -0.121. The van der Waals surface area contributed by atoms with Crippen molar-refractivity contribution in [2.24, 2.45) is 0 Å². The van der Waals surface area contributed by atoms with Crippen molar-refractivity contribution in [3.63, 3.8) is 0 Å². The highest BCUT2D eigenvalue weighted by Gasteiger charge is 2.16. The Kier molecular flexibility index (Phi) is 6.16. The monoisotopic (exact) mass is 418 g/mol. The molecule has 0 saturated carbocycles. The van der Waals surface area contributed by atoms with Gasteiger partial charge in [-0.25, -0.2) is 0 Å². The third kappa shape index (κ3) is 4.67. The second-order valence-corrected chi connectivity index (χ2v) is 9.55. The molecular weight excluding hydrogens is 396 g/mol. The van der Waals surface area contributed by atoms with E-state index in [1.807, 2.05) is 44.3 Å². The predicted octanol–water partition coefficient (Wildman–Crippen LogP) is 3.42. The van der Waals surface area contributed by atoms with Crippen LogP contribution in [0.1, 0.15) is 43.8 Å². The number of aryl methyl sites for hydroxylation is 1. The Morgan fingerprint density at radius 3 is 3.11 bits per heavy atom. The molecule has 1 N–H and O–H groups in total. The Morgan fingerprint density at radius 2 is 2.32 bits per heavy atom. The van der Waals surface area contributed by atoms with Crippen molar-refractivity contribution >= 4 is 33.1 Å². The van der Waals surface area contributed by atoms with Crippen LogP contribution >= 0.6 is 21.6 Å². The van der Waals surface area contributed by atoms with Crippen LogP contribution in [-0.4, -0.2) is 41.6 Å². The summed E-state index contributed by atoms with van der Waals surface area (Å²) >= 11 is 0. The quantitative estimate of drug-likeness (QED) is 0.439. The first-order valence-electron chi connectivity index (χ1n) is 9.38. The Hall–Kier alpha value is -2.07. The van der Waals surface area contributed by atoms with Crippen LogP contribution in [0.2, 0.25) is 0 Å². The van der Waals surface area contributed by atoms with E-state index in [-0.39, 0.29) is 5.91 Å². The van der Waals surface area contributed by atoms with E-state index in [1.54, 1.807) is 6.92 Å². The van der Waals surface area contributed by atoms with Gasteiger partial charge in [-0.2, -0.15) is 4.98 Å². The number of amides is 1. The molecule has 8 nitrogen and oxygen atoms in total. The van der Waals surface area contributed by atoms with Crippen LogP contribution in [0, 0.1) is 6.92 Å². The van der Waals surface area contributed by atoms with Gasteiger partial charge in [-0.15, -0.1) is 10.2 Å². The Labute approximate surface area is 170 Å². The van der Waals surface area contributed by atoms with Crippen LogP contribution in [0.4, 0.5) is 0 Å². The maximum absolute atomic E-state index is 12.1. The van der Waals surface area contributed by atoms with Gasteiger partial charge in [-0.05, 0) is 38.3 Å². The molecule has 1 atom stereocenters. The van der Waals surface area contributed by atoms with E-state index in [1.165, 1.54) is 18.6 Å². The number of aromatic nitrogens is 5. The zero-order chi connectivity index (χ0) is 19.3. The van der Waals surface area contributed by atoms with E-state index < -0.39 is 0 Å². The molecule has 1 fully saturated rings. The molecule has 0 aromatic carbocycles. The largest absolute Gasteiger partial charge is 0.349 e. The number of carbonyl (C=O) groups excluding carboxylic acids is 1. The second kappa shape index (κ2) is 8.95. The van der Waals surface area contributed by atoms with Crippen LogP contribution in [-0.2, 0) is 11.3 Å². The standard InChI is InChI=1S/C18H22N6O2S2/c1-12-20-18(26-23-12)13-6-8-24-15(10-13)21-22-16(24)11-19-17(25)5-3-2-4-14-7-9-27-28-14/h6,8,10,14H,2-5,7,9,11H2,1H3,(H,19,25)/t14-/m1/s1. The molecule has 1 aliphatic heterocycles. The number of nitrogens with zero attached hydrogens (tertiary/aromatic N) is 5. The molecule has 148 valence electrons. The van der Waals surface area contributed by atoms with E-state index in [9.17, 15) is 4.79 Å². The lowest BCUT2D eigenvalue weighted by atomic mass is 10.1. The Balaban J connectivity index is 1.28. The first-order valence-corrected chi connectivity index (χ1v) is 11.8. The van der Waals surface area contributed by atoms with Gasteiger partial charge in [0.05, 0.1) is 6.54 Å². The van der Waals surface area contributed by atoms with Crippen molar-refractivity contribution < 1.29 is 9.32 Å². The molecule has 1 amide bonds. The number of fused-ring (bicyclic) bond motifs is 1. The molecule has 10 heteroatoms. The number of unbranched alkanes of at least 4 members (excludes halogenated alkanes) is 1. The number of hydrogen-bond acceptors (Lipinski definition) is 8. The van der Waals surface area contributed by atoms with E-state index in [4.69, 9.17) is 4.52 Å². The van der Waals surface area contributed by atoms with Crippen molar-refractivity contribution in [2.75, 3.05) is 5.75 Å². The molecular formula is C18H22N6O2S2. The summed E-state index contributed by atoms with van der Waals surface area (Å²) in [5.41, 5.74) is 1.46. The summed E-state index contributed by atoms with van der Waals surface area (Å²) in [7, 11) is 3.96. The fraction of sp³-hybridized carbons (Fsp3) is 0.500. The van der Waals surface area contributed by atoms with E-state index in [0.717, 1.165) is 23.7 Å². The lowest BCUT2D eigenvalue weighted by Gasteiger charge is -2.07. The van der Waals surface area contributed by atoms with Gasteiger partial charge in [0, 0.05) is 29.2 Å². The molecule has 0 unspecified atom stereocenters. The topological polar surface area (TPSA) is 98.2 Å². The van der Waals surface area contributed by atoms with Gasteiger partial charge in [0.2, 0.25) is 5.91 Å². The molecule has 0 radical (unpaired) electrons. The molecule has 0 spiro atoms. The van der Waals surface area contributed by atoms with Crippen molar-refractivity contribution in [3.05, 3.63) is 30.0 Å². The van der Waals surface area contributed by atoms with Crippen LogP contribution in [0.5, 0.6) is 0 Å². The van der Waals surface area contributed by atoms with Crippen LogP contribution in [0.3, 0.4) is 0 Å². The molecule has 1 saturated heterocycles. The van der Waals surface area contributed by atoms with Gasteiger partial charge >= 0.3 is 0 Å². The van der Waals surface area contributed by atoms with Crippen LogP contribution in [0.25, 0.3) is 17.1 Å². The molecule has 0 aliphatic carbocycles. The summed E-state index contributed by atoms with van der Waals surface area (Å²) in [6, 6.07) is 3.71. The van der Waals surface area contributed by atoms with Crippen molar-refractivity contribution in [3.8, 4) is 11.5 Å². The molecule has 1 aliphatic rings. The molecule has 4 rings (SSSR count). The Morgan fingerprint density at radius 1 is 1.39 bits per heavy atom. The summed E-state index contributed by atoms with van der Waals surface area (Å²) in [5.74, 6) is 3.05. The number of hydrogen-bond donors (Lipinski definition) is 1. The second-order valence-electron chi connectivity index (χ2n) is 6.76. The zero-order valence-electron chi connectivity index (χ0n) is 15.6. The minimum absolute atomic E-state index is 0.0585. The minimum Gasteiger partial charge on any atom is -0.349 e. The van der Waals surface area contributed by atoms with Crippen LogP contribution < -0.4 is 5.32 Å². The van der Waals surface area contributed by atoms with Crippen molar-refractivity contribution in [1.29, 1.82) is 0 Å². The van der Waals surface area contributed by atoms with Gasteiger partial charge in [0.25, 0.3) is 5.89 Å². The van der Waals surface area contributed by atoms with E-state index >= 15 is 0 Å². The fourth-order valence-corrected chi connectivity index (χ4v) is 6.12. The highest BCUT2D eigenvalue weighted by atomic mass is 33.1. The van der Waals surface area contributed by atoms with E-state index in [0.29, 0.717) is 36.2 Å². The Bertz CT molecular complexity index is 951. The third-order valence-electron chi connectivity index (χ3n) is 4.61. The van der Waals surface area contributed by atoms with Crippen molar-refractivity contribution in [1.82, 2.24) is 30.1 Å². The highest BCUT2D eigenvalue weighted by Crippen LogP contribution is 2.39. The summed E-state index contributed by atoms with van der Waals surface area (Å²) in [5, 5.41) is 15.9. The zero-order valence-corrected chi connectivity index (χ0v) is 17.3. The normalized spacial score (nSPS) is 16.7. The van der Waals surface area contributed by atoms with Gasteiger partial charge in [-0.1, -0.05) is 33.2 Å². The number of pyridine rings is 1.